The van der Waals surface area contributed by atoms with Gasteiger partial charge in [0.2, 0.25) is 0 Å². The fourth-order valence-corrected chi connectivity index (χ4v) is 0.280. The zero-order valence-electron chi connectivity index (χ0n) is 7.14. The average Bonchev–Trinajstić information content (AvgIpc) is 1.90. The summed E-state index contributed by atoms with van der Waals surface area (Å²) < 4.78 is 22.6. The summed E-state index contributed by atoms with van der Waals surface area (Å²) >= 11 is 0. The molecule has 11 heavy (non-hydrogen) atoms. The summed E-state index contributed by atoms with van der Waals surface area (Å²) in [5.74, 6) is 0. The summed E-state index contributed by atoms with van der Waals surface area (Å²) in [6.07, 6.45) is 2.60. The topological polar surface area (TPSA) is 38.0 Å². The highest BCUT2D eigenvalue weighted by Crippen LogP contribution is 1.84. The van der Waals surface area contributed by atoms with Crippen molar-refractivity contribution in [2.75, 3.05) is 0 Å². The fourth-order valence-electron chi connectivity index (χ4n) is 0.280. The molecule has 0 aromatic heterocycles. The highest BCUT2D eigenvalue weighted by atomic mass is 19.3. The van der Waals surface area contributed by atoms with Crippen LogP contribution in [0.15, 0.2) is 12.3 Å². The van der Waals surface area contributed by atoms with E-state index in [1.54, 1.807) is 12.2 Å². The zero-order chi connectivity index (χ0) is 9.28. The van der Waals surface area contributed by atoms with Crippen molar-refractivity contribution in [2.45, 2.75) is 33.4 Å². The molecule has 0 aliphatic heterocycles. The SMILES string of the molecule is CC.CC(N)/C=C\NC(F)F. The van der Waals surface area contributed by atoms with Gasteiger partial charge in [-0.3, -0.25) is 0 Å². The van der Waals surface area contributed by atoms with E-state index in [1.165, 1.54) is 6.08 Å². The predicted molar refractivity (Wildman–Crippen MR) is 43.3 cm³/mol. The van der Waals surface area contributed by atoms with E-state index < -0.39 is 6.55 Å². The highest BCUT2D eigenvalue weighted by molar-refractivity contribution is 4.86. The van der Waals surface area contributed by atoms with E-state index in [0.717, 1.165) is 6.20 Å². The van der Waals surface area contributed by atoms with Gasteiger partial charge >= 0.3 is 6.55 Å². The molecule has 0 radical (unpaired) electrons. The molecule has 1 unspecified atom stereocenters. The van der Waals surface area contributed by atoms with Crippen LogP contribution in [0.25, 0.3) is 0 Å². The lowest BCUT2D eigenvalue weighted by atomic mass is 10.4. The Kier molecular flexibility index (Phi) is 11.1. The van der Waals surface area contributed by atoms with Crippen molar-refractivity contribution in [2.24, 2.45) is 5.73 Å². The van der Waals surface area contributed by atoms with Gasteiger partial charge in [0, 0.05) is 6.04 Å². The van der Waals surface area contributed by atoms with E-state index in [0.29, 0.717) is 0 Å². The molecule has 4 heteroatoms. The minimum atomic E-state index is -2.50. The molecule has 0 bridgehead atoms. The standard InChI is InChI=1S/C5H10F2N2.C2H6/c1-4(8)2-3-9-5(6)7;1-2/h2-5,9H,8H2,1H3;1-2H3/b3-2-;. The van der Waals surface area contributed by atoms with E-state index in [-0.39, 0.29) is 6.04 Å². The van der Waals surface area contributed by atoms with Crippen molar-refractivity contribution in [3.63, 3.8) is 0 Å². The third-order valence-electron chi connectivity index (χ3n) is 0.622. The molecule has 0 rings (SSSR count). The van der Waals surface area contributed by atoms with Gasteiger partial charge in [-0.05, 0) is 13.1 Å². The molecule has 0 aromatic carbocycles. The molecule has 2 nitrogen and oxygen atoms in total. The van der Waals surface area contributed by atoms with Gasteiger partial charge in [0.1, 0.15) is 0 Å². The number of nitrogens with one attached hydrogen (secondary N) is 1. The van der Waals surface area contributed by atoms with Crippen LogP contribution in [0.4, 0.5) is 8.78 Å². The van der Waals surface area contributed by atoms with Gasteiger partial charge in [-0.25, -0.2) is 0 Å². The minimum Gasteiger partial charge on any atom is -0.337 e. The number of alkyl halides is 2. The Labute approximate surface area is 66.5 Å². The Bertz CT molecular complexity index is 92.4. The Morgan fingerprint density at radius 1 is 1.36 bits per heavy atom. The van der Waals surface area contributed by atoms with Crippen molar-refractivity contribution in [1.82, 2.24) is 5.32 Å². The Hall–Kier alpha value is -0.640. The van der Waals surface area contributed by atoms with E-state index in [1.807, 2.05) is 13.8 Å². The van der Waals surface area contributed by atoms with Crippen LogP contribution in [-0.4, -0.2) is 12.6 Å². The first kappa shape index (κ1) is 13.0. The number of nitrogens with two attached hydrogens (primary N) is 1. The highest BCUT2D eigenvalue weighted by Gasteiger charge is 1.92. The maximum Gasteiger partial charge on any atom is 0.312 e. The normalized spacial score (nSPS) is 12.6. The molecule has 0 saturated carbocycles. The molecule has 0 aliphatic carbocycles. The number of hydrogen-bond donors (Lipinski definition) is 2. The van der Waals surface area contributed by atoms with Gasteiger partial charge in [-0.1, -0.05) is 19.9 Å². The van der Waals surface area contributed by atoms with Crippen LogP contribution in [0, 0.1) is 0 Å². The van der Waals surface area contributed by atoms with Gasteiger partial charge in [0.25, 0.3) is 0 Å². The molecule has 68 valence electrons. The lowest BCUT2D eigenvalue weighted by Gasteiger charge is -1.97. The largest absolute Gasteiger partial charge is 0.337 e. The van der Waals surface area contributed by atoms with Crippen molar-refractivity contribution in [3.8, 4) is 0 Å². The monoisotopic (exact) mass is 166 g/mol. The maximum atomic E-state index is 11.3. The molecule has 0 fully saturated rings. The summed E-state index contributed by atoms with van der Waals surface area (Å²) in [6.45, 7) is 3.20. The molecule has 0 saturated heterocycles. The third kappa shape index (κ3) is 17.6. The molecule has 0 aliphatic rings. The van der Waals surface area contributed by atoms with Crippen molar-refractivity contribution in [3.05, 3.63) is 12.3 Å². The molecular weight excluding hydrogens is 150 g/mol. The second-order valence-corrected chi connectivity index (χ2v) is 1.69. The number of rotatable bonds is 3. The van der Waals surface area contributed by atoms with Crippen molar-refractivity contribution < 1.29 is 8.78 Å². The van der Waals surface area contributed by atoms with Crippen molar-refractivity contribution in [1.29, 1.82) is 0 Å². The second kappa shape index (κ2) is 9.36. The molecule has 3 N–H and O–H groups in total. The molecule has 0 spiro atoms. The van der Waals surface area contributed by atoms with Gasteiger partial charge in [0.05, 0.1) is 0 Å². The van der Waals surface area contributed by atoms with Crippen LogP contribution in [0.1, 0.15) is 20.8 Å². The summed E-state index contributed by atoms with van der Waals surface area (Å²) in [5.41, 5.74) is 5.21. The van der Waals surface area contributed by atoms with Crippen LogP contribution in [0.2, 0.25) is 0 Å². The number of halogens is 2. The third-order valence-corrected chi connectivity index (χ3v) is 0.622. The summed E-state index contributed by atoms with van der Waals surface area (Å²) in [4.78, 5) is 0. The average molecular weight is 166 g/mol. The zero-order valence-corrected chi connectivity index (χ0v) is 7.14. The first-order valence-corrected chi connectivity index (χ1v) is 3.59. The first-order chi connectivity index (χ1) is 5.13. The number of hydrogen-bond acceptors (Lipinski definition) is 2. The van der Waals surface area contributed by atoms with E-state index in [9.17, 15) is 8.78 Å². The minimum absolute atomic E-state index is 0.184. The molecule has 0 heterocycles. The summed E-state index contributed by atoms with van der Waals surface area (Å²) in [6, 6.07) is -0.184. The molecule has 0 amide bonds. The van der Waals surface area contributed by atoms with Gasteiger partial charge < -0.3 is 11.1 Å². The second-order valence-electron chi connectivity index (χ2n) is 1.69. The summed E-state index contributed by atoms with van der Waals surface area (Å²) in [5, 5.41) is 1.78. The quantitative estimate of drug-likeness (QED) is 0.626. The molecule has 0 aromatic rings. The molecule has 1 atom stereocenters. The van der Waals surface area contributed by atoms with Crippen LogP contribution in [-0.2, 0) is 0 Å². The van der Waals surface area contributed by atoms with Crippen LogP contribution < -0.4 is 11.1 Å². The fraction of sp³-hybridized carbons (Fsp3) is 0.714. The van der Waals surface area contributed by atoms with Crippen LogP contribution in [0.3, 0.4) is 0 Å². The van der Waals surface area contributed by atoms with E-state index >= 15 is 0 Å². The Morgan fingerprint density at radius 3 is 2.09 bits per heavy atom. The predicted octanol–water partition coefficient (Wildman–Crippen LogP) is 1.69. The maximum absolute atomic E-state index is 11.3. The van der Waals surface area contributed by atoms with Crippen LogP contribution in [0.5, 0.6) is 0 Å². The lowest BCUT2D eigenvalue weighted by molar-refractivity contribution is 0.125. The van der Waals surface area contributed by atoms with Gasteiger partial charge in [-0.2, -0.15) is 8.78 Å². The lowest BCUT2D eigenvalue weighted by Crippen LogP contribution is -2.16. The van der Waals surface area contributed by atoms with Gasteiger partial charge in [-0.15, -0.1) is 0 Å². The van der Waals surface area contributed by atoms with Crippen LogP contribution >= 0.6 is 0 Å². The summed E-state index contributed by atoms with van der Waals surface area (Å²) in [7, 11) is 0. The van der Waals surface area contributed by atoms with Crippen molar-refractivity contribution >= 4 is 0 Å². The smallest absolute Gasteiger partial charge is 0.312 e. The van der Waals surface area contributed by atoms with E-state index in [4.69, 9.17) is 5.73 Å². The molecular formula is C7H16F2N2. The first-order valence-electron chi connectivity index (χ1n) is 3.59. The van der Waals surface area contributed by atoms with E-state index in [2.05, 4.69) is 0 Å². The Morgan fingerprint density at radius 2 is 1.82 bits per heavy atom. The van der Waals surface area contributed by atoms with Gasteiger partial charge in [0.15, 0.2) is 0 Å². The Balaban J connectivity index is 0.